The zero-order chi connectivity index (χ0) is 21.1. The van der Waals surface area contributed by atoms with E-state index in [0.29, 0.717) is 26.9 Å². The van der Waals surface area contributed by atoms with Crippen LogP contribution in [-0.4, -0.2) is 11.3 Å². The van der Waals surface area contributed by atoms with E-state index < -0.39 is 0 Å². The normalized spacial score (nSPS) is 11.0. The van der Waals surface area contributed by atoms with Crippen molar-refractivity contribution in [3.05, 3.63) is 92.9 Å². The summed E-state index contributed by atoms with van der Waals surface area (Å²) < 4.78 is 7.39. The van der Waals surface area contributed by atoms with E-state index in [9.17, 15) is 10.4 Å². The molecule has 0 radical (unpaired) electrons. The summed E-state index contributed by atoms with van der Waals surface area (Å²) in [6.45, 7) is 0. The van der Waals surface area contributed by atoms with Gasteiger partial charge in [-0.05, 0) is 33.6 Å². The van der Waals surface area contributed by atoms with Crippen LogP contribution in [0.3, 0.4) is 0 Å². The van der Waals surface area contributed by atoms with Gasteiger partial charge in [-0.2, -0.15) is 5.26 Å². The number of benzene rings is 3. The summed E-state index contributed by atoms with van der Waals surface area (Å²) in [4.78, 5) is 4.41. The van der Waals surface area contributed by atoms with Gasteiger partial charge in [-0.25, -0.2) is 4.99 Å². The third kappa shape index (κ3) is 3.95. The van der Waals surface area contributed by atoms with Crippen molar-refractivity contribution in [3.63, 3.8) is 0 Å². The van der Waals surface area contributed by atoms with Gasteiger partial charge in [0.05, 0.1) is 4.47 Å². The van der Waals surface area contributed by atoms with Gasteiger partial charge in [0.15, 0.2) is 0 Å². The lowest BCUT2D eigenvalue weighted by atomic mass is 9.98. The van der Waals surface area contributed by atoms with Gasteiger partial charge in [-0.15, -0.1) is 0 Å². The first-order chi connectivity index (χ1) is 14.6. The Kier molecular flexibility index (Phi) is 5.84. The van der Waals surface area contributed by atoms with Crippen LogP contribution in [0.1, 0.15) is 11.1 Å². The lowest BCUT2D eigenvalue weighted by Crippen LogP contribution is -1.85. The van der Waals surface area contributed by atoms with Crippen LogP contribution in [0, 0.1) is 11.3 Å². The highest BCUT2D eigenvalue weighted by Gasteiger charge is 2.22. The molecule has 6 heteroatoms. The largest absolute Gasteiger partial charge is 0.506 e. The Morgan fingerprint density at radius 1 is 0.933 bits per heavy atom. The maximum Gasteiger partial charge on any atom is 0.238 e. The van der Waals surface area contributed by atoms with Crippen molar-refractivity contribution >= 4 is 44.0 Å². The van der Waals surface area contributed by atoms with Crippen molar-refractivity contribution in [2.75, 3.05) is 0 Å². The molecule has 0 aliphatic heterocycles. The molecular weight excluding hydrogens is 508 g/mol. The average Bonchev–Trinajstić information content (AvgIpc) is 3.15. The van der Waals surface area contributed by atoms with E-state index >= 15 is 0 Å². The first kappa shape index (κ1) is 20.1. The summed E-state index contributed by atoms with van der Waals surface area (Å²) in [7, 11) is 0. The van der Waals surface area contributed by atoms with E-state index in [1.54, 1.807) is 12.1 Å². The fourth-order valence-corrected chi connectivity index (χ4v) is 4.36. The average molecular weight is 522 g/mol. The number of rotatable bonds is 4. The molecule has 146 valence electrons. The van der Waals surface area contributed by atoms with Crippen molar-refractivity contribution in [2.45, 2.75) is 0 Å². The lowest BCUT2D eigenvalue weighted by Gasteiger charge is -2.03. The molecule has 30 heavy (non-hydrogen) atoms. The van der Waals surface area contributed by atoms with E-state index in [-0.39, 0.29) is 11.6 Å². The predicted octanol–water partition coefficient (Wildman–Crippen LogP) is 7.47. The first-order valence-corrected chi connectivity index (χ1v) is 10.6. The van der Waals surface area contributed by atoms with Crippen LogP contribution < -0.4 is 0 Å². The van der Waals surface area contributed by atoms with Crippen molar-refractivity contribution in [1.82, 2.24) is 0 Å². The molecule has 1 heterocycles. The molecule has 4 aromatic rings. The minimum Gasteiger partial charge on any atom is -0.506 e. The van der Waals surface area contributed by atoms with E-state index in [1.807, 2.05) is 60.7 Å². The van der Waals surface area contributed by atoms with Crippen molar-refractivity contribution in [3.8, 4) is 34.3 Å². The highest BCUT2D eigenvalue weighted by Crippen LogP contribution is 2.42. The van der Waals surface area contributed by atoms with Crippen LogP contribution in [0.2, 0.25) is 0 Å². The predicted molar refractivity (Wildman–Crippen MR) is 125 cm³/mol. The molecule has 0 unspecified atom stereocenters. The number of furan rings is 1. The summed E-state index contributed by atoms with van der Waals surface area (Å²) >= 11 is 6.71. The lowest BCUT2D eigenvalue weighted by molar-refractivity contribution is 0.471. The molecule has 0 amide bonds. The molecule has 4 nitrogen and oxygen atoms in total. The molecule has 0 spiro atoms. The Labute approximate surface area is 190 Å². The van der Waals surface area contributed by atoms with Crippen molar-refractivity contribution < 1.29 is 9.52 Å². The number of phenols is 1. The molecule has 0 atom stereocenters. The molecule has 1 aromatic heterocycles. The number of nitrogens with zero attached hydrogens (tertiary/aromatic N) is 2. The molecule has 0 aliphatic carbocycles. The maximum absolute atomic E-state index is 10.3. The topological polar surface area (TPSA) is 69.5 Å². The van der Waals surface area contributed by atoms with E-state index in [1.165, 1.54) is 6.21 Å². The van der Waals surface area contributed by atoms with E-state index in [4.69, 9.17) is 4.42 Å². The van der Waals surface area contributed by atoms with Gasteiger partial charge in [-0.3, -0.25) is 0 Å². The highest BCUT2D eigenvalue weighted by molar-refractivity contribution is 9.11. The highest BCUT2D eigenvalue weighted by atomic mass is 79.9. The summed E-state index contributed by atoms with van der Waals surface area (Å²) in [6, 6.07) is 24.9. The second kappa shape index (κ2) is 8.70. The number of hydrogen-bond acceptors (Lipinski definition) is 4. The Hall–Kier alpha value is -3.14. The fourth-order valence-electron chi connectivity index (χ4n) is 3.10. The standard InChI is InChI=1S/C24H14Br2N2O2/c25-18-11-17(22(29)20(26)12-18)14-28-24-19(13-27)21(15-7-3-1-4-8-15)23(30-24)16-9-5-2-6-10-16/h1-12,14,29H. The van der Waals surface area contributed by atoms with Crippen molar-refractivity contribution in [2.24, 2.45) is 4.99 Å². The number of aromatic hydroxyl groups is 1. The molecule has 0 aliphatic rings. The van der Waals surface area contributed by atoms with Gasteiger partial charge in [-0.1, -0.05) is 76.6 Å². The molecule has 3 aromatic carbocycles. The number of hydrogen-bond donors (Lipinski definition) is 1. The summed E-state index contributed by atoms with van der Waals surface area (Å²) in [5.74, 6) is 0.814. The minimum atomic E-state index is 0.0542. The molecule has 0 saturated carbocycles. The summed E-state index contributed by atoms with van der Waals surface area (Å²) in [5, 5.41) is 20.2. The number of phenolic OH excluding ortho intramolecular Hbond substituents is 1. The minimum absolute atomic E-state index is 0.0542. The van der Waals surface area contributed by atoms with Gasteiger partial charge >= 0.3 is 0 Å². The zero-order valence-corrected chi connectivity index (χ0v) is 18.7. The Bertz CT molecular complexity index is 1270. The maximum atomic E-state index is 10.3. The Morgan fingerprint density at radius 3 is 2.20 bits per heavy atom. The second-order valence-electron chi connectivity index (χ2n) is 6.41. The third-order valence-corrected chi connectivity index (χ3v) is 5.54. The van der Waals surface area contributed by atoms with Gasteiger partial charge < -0.3 is 9.52 Å². The Balaban J connectivity index is 1.90. The van der Waals surface area contributed by atoms with Gasteiger partial charge in [0.25, 0.3) is 0 Å². The quantitative estimate of drug-likeness (QED) is 0.283. The zero-order valence-electron chi connectivity index (χ0n) is 15.5. The second-order valence-corrected chi connectivity index (χ2v) is 8.18. The number of nitriles is 1. The molecule has 0 fully saturated rings. The summed E-state index contributed by atoms with van der Waals surface area (Å²) in [5.41, 5.74) is 3.23. The smallest absolute Gasteiger partial charge is 0.238 e. The van der Waals surface area contributed by atoms with Crippen LogP contribution in [0.5, 0.6) is 5.75 Å². The summed E-state index contributed by atoms with van der Waals surface area (Å²) in [6.07, 6.45) is 1.48. The molecule has 1 N–H and O–H groups in total. The van der Waals surface area contributed by atoms with Crippen molar-refractivity contribution in [1.29, 1.82) is 5.26 Å². The van der Waals surface area contributed by atoms with Gasteiger partial charge in [0, 0.05) is 27.4 Å². The van der Waals surface area contributed by atoms with Crippen LogP contribution in [0.15, 0.2) is 91.2 Å². The molecule has 0 saturated heterocycles. The van der Waals surface area contributed by atoms with Gasteiger partial charge in [0.2, 0.25) is 5.88 Å². The van der Waals surface area contributed by atoms with E-state index in [2.05, 4.69) is 42.9 Å². The monoisotopic (exact) mass is 520 g/mol. The van der Waals surface area contributed by atoms with E-state index in [0.717, 1.165) is 15.6 Å². The van der Waals surface area contributed by atoms with Gasteiger partial charge in [0.1, 0.15) is 23.1 Å². The molecule has 0 bridgehead atoms. The first-order valence-electron chi connectivity index (χ1n) is 8.98. The van der Waals surface area contributed by atoms with Crippen LogP contribution in [0.25, 0.3) is 22.5 Å². The van der Waals surface area contributed by atoms with Crippen LogP contribution in [0.4, 0.5) is 5.88 Å². The number of aliphatic imine (C=N–C) groups is 1. The van der Waals surface area contributed by atoms with Crippen LogP contribution in [-0.2, 0) is 0 Å². The van der Waals surface area contributed by atoms with Crippen LogP contribution >= 0.6 is 31.9 Å². The third-order valence-electron chi connectivity index (χ3n) is 4.48. The number of halogens is 2. The molecular formula is C24H14Br2N2O2. The Morgan fingerprint density at radius 2 is 1.57 bits per heavy atom. The molecule has 4 rings (SSSR count). The fraction of sp³-hybridized carbons (Fsp3) is 0. The SMILES string of the molecule is N#Cc1c(N=Cc2cc(Br)cc(Br)c2O)oc(-c2ccccc2)c1-c1ccccc1.